The maximum Gasteiger partial charge on any atom is 0.229 e. The Labute approximate surface area is 147 Å². The normalized spacial score (nSPS) is 24.1. The molecule has 128 valence electrons. The molecule has 2 rings (SSSR count). The number of amides is 1. The number of ether oxygens (including phenoxy) is 1. The van der Waals surface area contributed by atoms with E-state index in [0.717, 1.165) is 18.5 Å². The summed E-state index contributed by atoms with van der Waals surface area (Å²) in [4.78, 5) is 17.6. The number of halogens is 1. The predicted molar refractivity (Wildman–Crippen MR) is 98.3 cm³/mol. The number of rotatable bonds is 7. The van der Waals surface area contributed by atoms with Crippen molar-refractivity contribution in [1.29, 1.82) is 0 Å². The molecule has 0 spiro atoms. The van der Waals surface area contributed by atoms with Crippen LogP contribution in [0.15, 0.2) is 30.3 Å². The molecule has 1 aromatic rings. The van der Waals surface area contributed by atoms with Gasteiger partial charge in [0.2, 0.25) is 5.91 Å². The van der Waals surface area contributed by atoms with E-state index in [2.05, 4.69) is 34.9 Å². The molecule has 23 heavy (non-hydrogen) atoms. The molecule has 1 amide bonds. The second-order valence-electron chi connectivity index (χ2n) is 6.21. The standard InChI is InChI=1S/C18H27BrN2O2/c1-4-23-11-10-18(22)21(15-8-6-5-7-9-15)17-13-14(19)12-16(17)20(2)3/h5-9,14,16-17H,4,10-13H2,1-3H3. The maximum atomic E-state index is 12.9. The van der Waals surface area contributed by atoms with Crippen LogP contribution in [0.4, 0.5) is 5.69 Å². The van der Waals surface area contributed by atoms with E-state index in [1.165, 1.54) is 0 Å². The first-order valence-corrected chi connectivity index (χ1v) is 9.21. The van der Waals surface area contributed by atoms with Crippen molar-refractivity contribution in [3.8, 4) is 0 Å². The van der Waals surface area contributed by atoms with Crippen LogP contribution in [0.25, 0.3) is 0 Å². The minimum Gasteiger partial charge on any atom is -0.381 e. The van der Waals surface area contributed by atoms with Gasteiger partial charge in [-0.05, 0) is 46.0 Å². The highest BCUT2D eigenvalue weighted by Gasteiger charge is 2.40. The number of anilines is 1. The lowest BCUT2D eigenvalue weighted by Crippen LogP contribution is -2.49. The van der Waals surface area contributed by atoms with Gasteiger partial charge in [0, 0.05) is 23.2 Å². The maximum absolute atomic E-state index is 12.9. The molecular formula is C18H27BrN2O2. The van der Waals surface area contributed by atoms with Crippen molar-refractivity contribution in [2.75, 3.05) is 32.2 Å². The zero-order valence-electron chi connectivity index (χ0n) is 14.2. The van der Waals surface area contributed by atoms with E-state index in [-0.39, 0.29) is 11.9 Å². The fraction of sp³-hybridized carbons (Fsp3) is 0.611. The largest absolute Gasteiger partial charge is 0.381 e. The fourth-order valence-electron chi connectivity index (χ4n) is 3.30. The predicted octanol–water partition coefficient (Wildman–Crippen LogP) is 3.30. The lowest BCUT2D eigenvalue weighted by atomic mass is 10.1. The summed E-state index contributed by atoms with van der Waals surface area (Å²) in [5.74, 6) is 0.142. The molecule has 5 heteroatoms. The second-order valence-corrected chi connectivity index (χ2v) is 7.51. The van der Waals surface area contributed by atoms with Crippen LogP contribution in [0, 0.1) is 0 Å². The van der Waals surface area contributed by atoms with Crippen molar-refractivity contribution in [3.63, 3.8) is 0 Å². The number of carbonyl (C=O) groups is 1. The number of para-hydroxylation sites is 1. The van der Waals surface area contributed by atoms with Gasteiger partial charge in [-0.3, -0.25) is 4.79 Å². The van der Waals surface area contributed by atoms with Gasteiger partial charge < -0.3 is 14.5 Å². The Kier molecular flexibility index (Phi) is 7.06. The minimum absolute atomic E-state index is 0.142. The zero-order chi connectivity index (χ0) is 16.8. The number of carbonyl (C=O) groups excluding carboxylic acids is 1. The van der Waals surface area contributed by atoms with Crippen LogP contribution < -0.4 is 4.90 Å². The molecule has 1 fully saturated rings. The van der Waals surface area contributed by atoms with Gasteiger partial charge in [0.25, 0.3) is 0 Å². The summed E-state index contributed by atoms with van der Waals surface area (Å²) in [5, 5.41) is 0. The van der Waals surface area contributed by atoms with E-state index >= 15 is 0 Å². The average Bonchev–Trinajstić information content (AvgIpc) is 2.91. The lowest BCUT2D eigenvalue weighted by Gasteiger charge is -2.36. The molecule has 1 aliphatic carbocycles. The third-order valence-electron chi connectivity index (χ3n) is 4.40. The van der Waals surface area contributed by atoms with Gasteiger partial charge in [-0.15, -0.1) is 0 Å². The van der Waals surface area contributed by atoms with Crippen molar-refractivity contribution in [2.45, 2.75) is 43.1 Å². The van der Waals surface area contributed by atoms with Crippen LogP contribution in [-0.4, -0.2) is 55.0 Å². The topological polar surface area (TPSA) is 32.8 Å². The molecule has 1 aromatic carbocycles. The molecule has 0 aromatic heterocycles. The monoisotopic (exact) mass is 382 g/mol. The molecule has 0 aliphatic heterocycles. The first-order chi connectivity index (χ1) is 11.0. The van der Waals surface area contributed by atoms with Crippen LogP contribution in [0.2, 0.25) is 0 Å². The highest BCUT2D eigenvalue weighted by molar-refractivity contribution is 9.09. The van der Waals surface area contributed by atoms with Crippen LogP contribution in [0.3, 0.4) is 0 Å². The smallest absolute Gasteiger partial charge is 0.229 e. The van der Waals surface area contributed by atoms with Crippen molar-refractivity contribution in [2.24, 2.45) is 0 Å². The number of hydrogen-bond donors (Lipinski definition) is 0. The summed E-state index contributed by atoms with van der Waals surface area (Å²) in [6.45, 7) is 3.08. The Morgan fingerprint density at radius 2 is 1.87 bits per heavy atom. The molecule has 3 unspecified atom stereocenters. The Morgan fingerprint density at radius 1 is 1.22 bits per heavy atom. The van der Waals surface area contributed by atoms with Gasteiger partial charge >= 0.3 is 0 Å². The molecular weight excluding hydrogens is 356 g/mol. The minimum atomic E-state index is 0.142. The summed E-state index contributed by atoms with van der Waals surface area (Å²) < 4.78 is 5.38. The van der Waals surface area contributed by atoms with Gasteiger partial charge in [0.15, 0.2) is 0 Å². The lowest BCUT2D eigenvalue weighted by molar-refractivity contribution is -0.120. The molecule has 0 N–H and O–H groups in total. The van der Waals surface area contributed by atoms with Gasteiger partial charge in [-0.1, -0.05) is 34.1 Å². The molecule has 4 nitrogen and oxygen atoms in total. The first-order valence-electron chi connectivity index (χ1n) is 8.30. The van der Waals surface area contributed by atoms with Crippen molar-refractivity contribution in [1.82, 2.24) is 4.90 Å². The van der Waals surface area contributed by atoms with Crippen molar-refractivity contribution < 1.29 is 9.53 Å². The Morgan fingerprint density at radius 3 is 2.48 bits per heavy atom. The zero-order valence-corrected chi connectivity index (χ0v) is 15.8. The summed E-state index contributed by atoms with van der Waals surface area (Å²) in [7, 11) is 4.19. The average molecular weight is 383 g/mol. The van der Waals surface area contributed by atoms with E-state index in [4.69, 9.17) is 4.74 Å². The van der Waals surface area contributed by atoms with Crippen LogP contribution in [0.5, 0.6) is 0 Å². The molecule has 0 bridgehead atoms. The van der Waals surface area contributed by atoms with E-state index in [1.807, 2.05) is 42.2 Å². The highest BCUT2D eigenvalue weighted by atomic mass is 79.9. The van der Waals surface area contributed by atoms with Crippen LogP contribution >= 0.6 is 15.9 Å². The number of alkyl halides is 1. The van der Waals surface area contributed by atoms with Gasteiger partial charge in [-0.2, -0.15) is 0 Å². The van der Waals surface area contributed by atoms with Crippen LogP contribution in [-0.2, 0) is 9.53 Å². The third kappa shape index (κ3) is 4.78. The van der Waals surface area contributed by atoms with E-state index in [0.29, 0.717) is 30.5 Å². The SMILES string of the molecule is CCOCCC(=O)N(c1ccccc1)C1CC(Br)CC1N(C)C. The number of nitrogens with zero attached hydrogens (tertiary/aromatic N) is 2. The molecule has 1 aliphatic rings. The van der Waals surface area contributed by atoms with E-state index < -0.39 is 0 Å². The fourth-order valence-corrected chi connectivity index (χ4v) is 4.07. The number of benzene rings is 1. The Bertz CT molecular complexity index is 495. The number of hydrogen-bond acceptors (Lipinski definition) is 3. The summed E-state index contributed by atoms with van der Waals surface area (Å²) >= 11 is 3.75. The summed E-state index contributed by atoms with van der Waals surface area (Å²) in [6.07, 6.45) is 2.45. The Hall–Kier alpha value is -0.910. The van der Waals surface area contributed by atoms with Gasteiger partial charge in [0.1, 0.15) is 0 Å². The van der Waals surface area contributed by atoms with Crippen molar-refractivity contribution >= 4 is 27.5 Å². The van der Waals surface area contributed by atoms with E-state index in [1.54, 1.807) is 0 Å². The first kappa shape index (κ1) is 18.4. The van der Waals surface area contributed by atoms with Crippen molar-refractivity contribution in [3.05, 3.63) is 30.3 Å². The quantitative estimate of drug-likeness (QED) is 0.535. The Balaban J connectivity index is 2.24. The van der Waals surface area contributed by atoms with Crippen LogP contribution in [0.1, 0.15) is 26.2 Å². The third-order valence-corrected chi connectivity index (χ3v) is 5.15. The molecule has 0 saturated heterocycles. The summed E-state index contributed by atoms with van der Waals surface area (Å²) in [6, 6.07) is 10.5. The number of likely N-dealkylation sites (N-methyl/N-ethyl adjacent to an activating group) is 1. The molecule has 3 atom stereocenters. The van der Waals surface area contributed by atoms with E-state index in [9.17, 15) is 4.79 Å². The van der Waals surface area contributed by atoms with Gasteiger partial charge in [-0.25, -0.2) is 0 Å². The molecule has 1 saturated carbocycles. The van der Waals surface area contributed by atoms with Gasteiger partial charge in [0.05, 0.1) is 19.1 Å². The summed E-state index contributed by atoms with van der Waals surface area (Å²) in [5.41, 5.74) is 0.979. The molecule has 0 radical (unpaired) electrons. The molecule has 0 heterocycles. The second kappa shape index (κ2) is 8.81. The highest BCUT2D eigenvalue weighted by Crippen LogP contribution is 2.35.